The number of alkyl halides is 3. The first kappa shape index (κ1) is 34.4. The molecule has 0 fully saturated rings. The number of rotatable bonds is 10. The van der Waals surface area contributed by atoms with Crippen molar-refractivity contribution in [3.8, 4) is 16.9 Å². The van der Waals surface area contributed by atoms with Gasteiger partial charge in [-0.05, 0) is 78.4 Å². The number of anilines is 1. The van der Waals surface area contributed by atoms with E-state index in [0.717, 1.165) is 0 Å². The molecule has 0 spiro atoms. The topological polar surface area (TPSA) is 102 Å². The molecule has 0 radical (unpaired) electrons. The standard InChI is InChI=1S/C36H33F3N2O6/c1-22-13-19-27(24-10-6-5-7-11-24)31(32(22)36(37,38)39)33(43)40-29-20-14-23(21-28(29)34(44)41(2)3)9-8-12-30(42)47-26-17-15-25(16-18-26)35(45)46-4/h5-7,10-11,13-21H,8-9,12H2,1-4H3,(H,40,43). The zero-order valence-electron chi connectivity index (χ0n) is 26.2. The summed E-state index contributed by atoms with van der Waals surface area (Å²) < 4.78 is 53.0. The Morgan fingerprint density at radius 3 is 2.17 bits per heavy atom. The van der Waals surface area contributed by atoms with Crippen LogP contribution in [0.25, 0.3) is 11.1 Å². The number of nitrogens with one attached hydrogen (secondary N) is 1. The fraction of sp³-hybridized carbons (Fsp3) is 0.222. The van der Waals surface area contributed by atoms with Crippen molar-refractivity contribution in [3.05, 3.63) is 118 Å². The van der Waals surface area contributed by atoms with E-state index in [1.807, 2.05) is 0 Å². The van der Waals surface area contributed by atoms with Crippen LogP contribution in [0.5, 0.6) is 5.75 Å². The van der Waals surface area contributed by atoms with Crippen LogP contribution in [-0.2, 0) is 22.1 Å². The number of ether oxygens (including phenoxy) is 2. The molecule has 4 rings (SSSR count). The highest BCUT2D eigenvalue weighted by molar-refractivity contribution is 6.13. The number of methoxy groups -OCH3 is 1. The van der Waals surface area contributed by atoms with Crippen LogP contribution in [0.1, 0.15) is 60.6 Å². The SMILES string of the molecule is COC(=O)c1ccc(OC(=O)CCCc2ccc(NC(=O)c3c(-c4ccccc4)ccc(C)c3C(F)(F)F)c(C(=O)N(C)C)c2)cc1. The molecule has 0 aromatic heterocycles. The summed E-state index contributed by atoms with van der Waals surface area (Å²) in [4.78, 5) is 52.2. The molecule has 0 aliphatic carbocycles. The summed E-state index contributed by atoms with van der Waals surface area (Å²) in [5.41, 5.74) is -0.0822. The van der Waals surface area contributed by atoms with E-state index < -0.39 is 41.1 Å². The Bertz CT molecular complexity index is 1790. The number of esters is 2. The van der Waals surface area contributed by atoms with Gasteiger partial charge in [0, 0.05) is 20.5 Å². The van der Waals surface area contributed by atoms with E-state index >= 15 is 0 Å². The quantitative estimate of drug-likeness (QED) is 0.143. The molecule has 47 heavy (non-hydrogen) atoms. The van der Waals surface area contributed by atoms with Crippen molar-refractivity contribution in [1.82, 2.24) is 4.90 Å². The Morgan fingerprint density at radius 1 is 0.872 bits per heavy atom. The second kappa shape index (κ2) is 14.8. The zero-order chi connectivity index (χ0) is 34.3. The van der Waals surface area contributed by atoms with Gasteiger partial charge in [-0.1, -0.05) is 48.5 Å². The van der Waals surface area contributed by atoms with E-state index in [0.29, 0.717) is 29.5 Å². The molecule has 0 heterocycles. The first-order valence-corrected chi connectivity index (χ1v) is 14.6. The van der Waals surface area contributed by atoms with Crippen LogP contribution in [0.4, 0.5) is 18.9 Å². The molecule has 0 saturated carbocycles. The van der Waals surface area contributed by atoms with Crippen LogP contribution < -0.4 is 10.1 Å². The molecule has 4 aromatic rings. The number of benzene rings is 4. The summed E-state index contributed by atoms with van der Waals surface area (Å²) in [6, 6.07) is 21.7. The van der Waals surface area contributed by atoms with Crippen LogP contribution in [0, 0.1) is 6.92 Å². The first-order chi connectivity index (χ1) is 22.3. The molecule has 4 aromatic carbocycles. The van der Waals surface area contributed by atoms with Gasteiger partial charge in [0.15, 0.2) is 0 Å². The molecule has 0 unspecified atom stereocenters. The van der Waals surface area contributed by atoms with Gasteiger partial charge in [-0.15, -0.1) is 0 Å². The molecular formula is C36H33F3N2O6. The highest BCUT2D eigenvalue weighted by Crippen LogP contribution is 2.39. The fourth-order valence-corrected chi connectivity index (χ4v) is 5.02. The number of halogens is 3. The lowest BCUT2D eigenvalue weighted by atomic mass is 9.91. The van der Waals surface area contributed by atoms with Crippen LogP contribution >= 0.6 is 0 Å². The maximum absolute atomic E-state index is 14.3. The highest BCUT2D eigenvalue weighted by atomic mass is 19.4. The van der Waals surface area contributed by atoms with Gasteiger partial charge in [-0.2, -0.15) is 13.2 Å². The molecule has 0 aliphatic rings. The van der Waals surface area contributed by atoms with Gasteiger partial charge < -0.3 is 19.7 Å². The van der Waals surface area contributed by atoms with E-state index in [1.54, 1.807) is 42.5 Å². The second-order valence-corrected chi connectivity index (χ2v) is 10.9. The minimum atomic E-state index is -4.82. The summed E-state index contributed by atoms with van der Waals surface area (Å²) in [6.45, 7) is 1.29. The maximum atomic E-state index is 14.3. The molecule has 244 valence electrons. The third-order valence-corrected chi connectivity index (χ3v) is 7.33. The Morgan fingerprint density at radius 2 is 1.55 bits per heavy atom. The number of carbonyl (C=O) groups excluding carboxylic acids is 4. The van der Waals surface area contributed by atoms with Gasteiger partial charge in [0.25, 0.3) is 11.8 Å². The molecule has 0 aliphatic heterocycles. The van der Waals surface area contributed by atoms with E-state index in [2.05, 4.69) is 10.1 Å². The summed E-state index contributed by atoms with van der Waals surface area (Å²) in [7, 11) is 4.30. The van der Waals surface area contributed by atoms with Crippen molar-refractivity contribution in [2.75, 3.05) is 26.5 Å². The summed E-state index contributed by atoms with van der Waals surface area (Å²) in [5.74, 6) is -2.24. The second-order valence-electron chi connectivity index (χ2n) is 10.9. The lowest BCUT2D eigenvalue weighted by molar-refractivity contribution is -0.138. The lowest BCUT2D eigenvalue weighted by Gasteiger charge is -2.21. The smallest absolute Gasteiger partial charge is 0.417 e. The molecule has 0 bridgehead atoms. The van der Waals surface area contributed by atoms with Gasteiger partial charge in [0.2, 0.25) is 0 Å². The average Bonchev–Trinajstić information content (AvgIpc) is 3.04. The van der Waals surface area contributed by atoms with Crippen molar-refractivity contribution in [2.45, 2.75) is 32.4 Å². The third kappa shape index (κ3) is 8.43. The van der Waals surface area contributed by atoms with Crippen molar-refractivity contribution in [2.24, 2.45) is 0 Å². The lowest BCUT2D eigenvalue weighted by Crippen LogP contribution is -2.26. The van der Waals surface area contributed by atoms with Gasteiger partial charge in [-0.25, -0.2) is 4.79 Å². The fourth-order valence-electron chi connectivity index (χ4n) is 5.02. The molecule has 11 heteroatoms. The summed E-state index contributed by atoms with van der Waals surface area (Å²) in [5, 5.41) is 2.57. The van der Waals surface area contributed by atoms with Gasteiger partial charge in [0.1, 0.15) is 5.75 Å². The number of hydrogen-bond donors (Lipinski definition) is 1. The highest BCUT2D eigenvalue weighted by Gasteiger charge is 2.38. The average molecular weight is 647 g/mol. The van der Waals surface area contributed by atoms with Gasteiger partial charge in [-0.3, -0.25) is 14.4 Å². The number of aryl methyl sites for hydroxylation is 2. The molecule has 1 N–H and O–H groups in total. The number of nitrogens with zero attached hydrogens (tertiary/aromatic N) is 1. The van der Waals surface area contributed by atoms with Crippen LogP contribution in [0.15, 0.2) is 84.9 Å². The summed E-state index contributed by atoms with van der Waals surface area (Å²) >= 11 is 0. The predicted octanol–water partition coefficient (Wildman–Crippen LogP) is 7.35. The Labute approximate surface area is 270 Å². The van der Waals surface area contributed by atoms with E-state index in [4.69, 9.17) is 4.74 Å². The van der Waals surface area contributed by atoms with Crippen molar-refractivity contribution in [3.63, 3.8) is 0 Å². The molecular weight excluding hydrogens is 613 g/mol. The largest absolute Gasteiger partial charge is 0.465 e. The molecule has 2 amide bonds. The predicted molar refractivity (Wildman–Crippen MR) is 170 cm³/mol. The molecule has 8 nitrogen and oxygen atoms in total. The van der Waals surface area contributed by atoms with Crippen LogP contribution in [0.3, 0.4) is 0 Å². The Hall–Kier alpha value is -5.45. The van der Waals surface area contributed by atoms with Crippen molar-refractivity contribution in [1.29, 1.82) is 0 Å². The third-order valence-electron chi connectivity index (χ3n) is 7.33. The number of carbonyl (C=O) groups is 4. The number of hydrogen-bond acceptors (Lipinski definition) is 6. The monoisotopic (exact) mass is 646 g/mol. The molecule has 0 atom stereocenters. The van der Waals surface area contributed by atoms with E-state index in [-0.39, 0.29) is 34.5 Å². The normalized spacial score (nSPS) is 11.0. The number of amides is 2. The van der Waals surface area contributed by atoms with Crippen LogP contribution in [0.2, 0.25) is 0 Å². The van der Waals surface area contributed by atoms with Crippen molar-refractivity contribution < 1.29 is 41.8 Å². The maximum Gasteiger partial charge on any atom is 0.417 e. The molecule has 0 saturated heterocycles. The van der Waals surface area contributed by atoms with Gasteiger partial charge in [0.05, 0.1) is 35.1 Å². The van der Waals surface area contributed by atoms with Crippen molar-refractivity contribution >= 4 is 29.4 Å². The van der Waals surface area contributed by atoms with E-state index in [9.17, 15) is 32.3 Å². The van der Waals surface area contributed by atoms with Gasteiger partial charge >= 0.3 is 18.1 Å². The first-order valence-electron chi connectivity index (χ1n) is 14.6. The Balaban J connectivity index is 1.55. The minimum absolute atomic E-state index is 0.0425. The Kier molecular flexibility index (Phi) is 10.8. The van der Waals surface area contributed by atoms with E-state index in [1.165, 1.54) is 75.5 Å². The summed E-state index contributed by atoms with van der Waals surface area (Å²) in [6.07, 6.45) is -4.04. The van der Waals surface area contributed by atoms with Crippen LogP contribution in [-0.4, -0.2) is 49.9 Å². The minimum Gasteiger partial charge on any atom is -0.465 e. The zero-order valence-corrected chi connectivity index (χ0v) is 26.2.